The van der Waals surface area contributed by atoms with Gasteiger partial charge in [-0.1, -0.05) is 0 Å². The molecule has 2 aromatic rings. The van der Waals surface area contributed by atoms with Crippen LogP contribution in [0.2, 0.25) is 0 Å². The Labute approximate surface area is 124 Å². The van der Waals surface area contributed by atoms with Crippen LogP contribution in [-0.2, 0) is 6.61 Å². The van der Waals surface area contributed by atoms with Gasteiger partial charge in [-0.05, 0) is 24.7 Å². The van der Waals surface area contributed by atoms with E-state index in [0.29, 0.717) is 12.5 Å². The summed E-state index contributed by atoms with van der Waals surface area (Å²) in [6.07, 6.45) is 6.90. The highest BCUT2D eigenvalue weighted by atomic mass is 16.5. The summed E-state index contributed by atoms with van der Waals surface area (Å²) in [4.78, 5) is 17.3. The van der Waals surface area contributed by atoms with Crippen molar-refractivity contribution in [2.24, 2.45) is 0 Å². The minimum atomic E-state index is 0.474. The number of rotatable bonds is 4. The van der Waals surface area contributed by atoms with Crippen molar-refractivity contribution in [3.8, 4) is 5.88 Å². The molecule has 0 aliphatic carbocycles. The van der Waals surface area contributed by atoms with Gasteiger partial charge >= 0.3 is 0 Å². The Kier molecular flexibility index (Phi) is 4.25. The Morgan fingerprint density at radius 1 is 1.00 bits per heavy atom. The van der Waals surface area contributed by atoms with Gasteiger partial charge in [0.1, 0.15) is 6.61 Å². The first kappa shape index (κ1) is 13.8. The van der Waals surface area contributed by atoms with E-state index in [4.69, 9.17) is 4.74 Å². The van der Waals surface area contributed by atoms with E-state index in [9.17, 15) is 0 Å². The van der Waals surface area contributed by atoms with Crippen LogP contribution >= 0.6 is 0 Å². The summed E-state index contributed by atoms with van der Waals surface area (Å²) >= 11 is 0. The van der Waals surface area contributed by atoms with Crippen molar-refractivity contribution in [3.63, 3.8) is 0 Å². The van der Waals surface area contributed by atoms with Crippen molar-refractivity contribution in [1.29, 1.82) is 0 Å². The lowest BCUT2D eigenvalue weighted by molar-refractivity contribution is 0.285. The van der Waals surface area contributed by atoms with Gasteiger partial charge in [0.2, 0.25) is 0 Å². The van der Waals surface area contributed by atoms with Crippen molar-refractivity contribution < 1.29 is 4.74 Å². The third-order valence-electron chi connectivity index (χ3n) is 3.57. The zero-order chi connectivity index (χ0) is 14.5. The minimum Gasteiger partial charge on any atom is -0.470 e. The third-order valence-corrected chi connectivity index (χ3v) is 3.57. The van der Waals surface area contributed by atoms with Gasteiger partial charge in [0.15, 0.2) is 5.82 Å². The van der Waals surface area contributed by atoms with E-state index in [1.807, 2.05) is 12.1 Å². The number of ether oxygens (including phenoxy) is 1. The first-order valence-electron chi connectivity index (χ1n) is 7.09. The standard InChI is InChI=1S/C15H19N5O/c1-19-8-10-20(11-9-19)14-15(18-7-6-17-14)21-12-13-2-4-16-5-3-13/h2-7H,8-12H2,1H3. The van der Waals surface area contributed by atoms with E-state index in [-0.39, 0.29) is 0 Å². The van der Waals surface area contributed by atoms with Crippen molar-refractivity contribution in [2.75, 3.05) is 38.1 Å². The van der Waals surface area contributed by atoms with Crippen LogP contribution in [0.1, 0.15) is 5.56 Å². The maximum atomic E-state index is 5.85. The van der Waals surface area contributed by atoms with Gasteiger partial charge in [0.05, 0.1) is 0 Å². The molecule has 0 radical (unpaired) electrons. The molecular formula is C15H19N5O. The van der Waals surface area contributed by atoms with E-state index in [2.05, 4.69) is 31.8 Å². The quantitative estimate of drug-likeness (QED) is 0.841. The fourth-order valence-electron chi connectivity index (χ4n) is 2.29. The van der Waals surface area contributed by atoms with Crippen molar-refractivity contribution >= 4 is 5.82 Å². The Hall–Kier alpha value is -2.21. The SMILES string of the molecule is CN1CCN(c2nccnc2OCc2ccncc2)CC1. The summed E-state index contributed by atoms with van der Waals surface area (Å²) in [7, 11) is 2.13. The van der Waals surface area contributed by atoms with E-state index < -0.39 is 0 Å². The maximum Gasteiger partial charge on any atom is 0.257 e. The molecular weight excluding hydrogens is 266 g/mol. The van der Waals surface area contributed by atoms with Crippen LogP contribution in [0.25, 0.3) is 0 Å². The van der Waals surface area contributed by atoms with Crippen LogP contribution in [0.4, 0.5) is 5.82 Å². The maximum absolute atomic E-state index is 5.85. The van der Waals surface area contributed by atoms with E-state index in [0.717, 1.165) is 37.6 Å². The highest BCUT2D eigenvalue weighted by Gasteiger charge is 2.19. The number of aromatic nitrogens is 3. The molecule has 110 valence electrons. The zero-order valence-electron chi connectivity index (χ0n) is 12.1. The zero-order valence-corrected chi connectivity index (χ0v) is 12.1. The molecule has 6 heteroatoms. The molecule has 1 aliphatic heterocycles. The van der Waals surface area contributed by atoms with Gasteiger partial charge in [0, 0.05) is 51.0 Å². The average Bonchev–Trinajstić information content (AvgIpc) is 2.55. The van der Waals surface area contributed by atoms with Gasteiger partial charge in [-0.25, -0.2) is 9.97 Å². The van der Waals surface area contributed by atoms with Gasteiger partial charge in [0.25, 0.3) is 5.88 Å². The molecule has 0 aromatic carbocycles. The monoisotopic (exact) mass is 285 g/mol. The van der Waals surface area contributed by atoms with Crippen molar-refractivity contribution in [2.45, 2.75) is 6.61 Å². The number of hydrogen-bond donors (Lipinski definition) is 0. The summed E-state index contributed by atoms with van der Waals surface area (Å²) in [5.41, 5.74) is 1.07. The minimum absolute atomic E-state index is 0.474. The van der Waals surface area contributed by atoms with Crippen LogP contribution in [0, 0.1) is 0 Å². The lowest BCUT2D eigenvalue weighted by Gasteiger charge is -2.33. The summed E-state index contributed by atoms with van der Waals surface area (Å²) < 4.78 is 5.85. The molecule has 0 atom stereocenters. The van der Waals surface area contributed by atoms with Crippen molar-refractivity contribution in [1.82, 2.24) is 19.9 Å². The van der Waals surface area contributed by atoms with Crippen LogP contribution in [-0.4, -0.2) is 53.1 Å². The molecule has 0 spiro atoms. The number of piperazine rings is 1. The summed E-state index contributed by atoms with van der Waals surface area (Å²) in [6.45, 7) is 4.42. The molecule has 3 heterocycles. The molecule has 0 bridgehead atoms. The lowest BCUT2D eigenvalue weighted by atomic mass is 10.3. The largest absolute Gasteiger partial charge is 0.470 e. The van der Waals surface area contributed by atoms with E-state index >= 15 is 0 Å². The first-order chi connectivity index (χ1) is 10.3. The Morgan fingerprint density at radius 3 is 2.48 bits per heavy atom. The number of hydrogen-bond acceptors (Lipinski definition) is 6. The molecule has 1 saturated heterocycles. The second-order valence-corrected chi connectivity index (χ2v) is 5.12. The summed E-state index contributed by atoms with van der Waals surface area (Å²) in [5, 5.41) is 0. The molecule has 1 aliphatic rings. The number of nitrogens with zero attached hydrogens (tertiary/aromatic N) is 5. The fraction of sp³-hybridized carbons (Fsp3) is 0.400. The normalized spacial score (nSPS) is 16.0. The molecule has 0 amide bonds. The van der Waals surface area contributed by atoms with Gasteiger partial charge in [-0.3, -0.25) is 4.98 Å². The number of pyridine rings is 1. The number of likely N-dealkylation sites (N-methyl/N-ethyl adjacent to an activating group) is 1. The van der Waals surface area contributed by atoms with Gasteiger partial charge in [-0.15, -0.1) is 0 Å². The highest BCUT2D eigenvalue weighted by molar-refractivity contribution is 5.48. The van der Waals surface area contributed by atoms with E-state index in [1.54, 1.807) is 24.8 Å². The molecule has 0 saturated carbocycles. The van der Waals surface area contributed by atoms with Crippen LogP contribution in [0.3, 0.4) is 0 Å². The molecule has 1 fully saturated rings. The van der Waals surface area contributed by atoms with Gasteiger partial charge < -0.3 is 14.5 Å². The van der Waals surface area contributed by atoms with Crippen molar-refractivity contribution in [3.05, 3.63) is 42.5 Å². The molecule has 21 heavy (non-hydrogen) atoms. The highest BCUT2D eigenvalue weighted by Crippen LogP contribution is 2.24. The topological polar surface area (TPSA) is 54.4 Å². The third kappa shape index (κ3) is 3.46. The Balaban J connectivity index is 1.70. The lowest BCUT2D eigenvalue weighted by Crippen LogP contribution is -2.45. The Morgan fingerprint density at radius 2 is 1.71 bits per heavy atom. The molecule has 6 nitrogen and oxygen atoms in total. The predicted molar refractivity (Wildman–Crippen MR) is 80.3 cm³/mol. The molecule has 0 N–H and O–H groups in total. The average molecular weight is 285 g/mol. The molecule has 0 unspecified atom stereocenters. The molecule has 2 aromatic heterocycles. The summed E-state index contributed by atoms with van der Waals surface area (Å²) in [6, 6.07) is 3.87. The second-order valence-electron chi connectivity index (χ2n) is 5.12. The Bertz CT molecular complexity index is 569. The van der Waals surface area contributed by atoms with Crippen LogP contribution < -0.4 is 9.64 Å². The summed E-state index contributed by atoms with van der Waals surface area (Å²) in [5.74, 6) is 1.43. The smallest absolute Gasteiger partial charge is 0.257 e. The second kappa shape index (κ2) is 6.49. The molecule has 3 rings (SSSR count). The van der Waals surface area contributed by atoms with E-state index in [1.165, 1.54) is 0 Å². The van der Waals surface area contributed by atoms with Crippen LogP contribution in [0.15, 0.2) is 36.9 Å². The first-order valence-corrected chi connectivity index (χ1v) is 7.09. The van der Waals surface area contributed by atoms with Gasteiger partial charge in [-0.2, -0.15) is 0 Å². The predicted octanol–water partition coefficient (Wildman–Crippen LogP) is 1.20. The number of anilines is 1. The van der Waals surface area contributed by atoms with Crippen LogP contribution in [0.5, 0.6) is 5.88 Å². The fourth-order valence-corrected chi connectivity index (χ4v) is 2.29.